The largest absolute Gasteiger partial charge is 0.331 e. The summed E-state index contributed by atoms with van der Waals surface area (Å²) >= 11 is 5.85. The Labute approximate surface area is 74.6 Å². The van der Waals surface area contributed by atoms with Crippen LogP contribution in [0.1, 0.15) is 0 Å². The molecule has 0 spiro atoms. The summed E-state index contributed by atoms with van der Waals surface area (Å²) in [5.74, 6) is 0.855. The van der Waals surface area contributed by atoms with Crippen LogP contribution in [0.5, 0.6) is 0 Å². The molecule has 1 aromatic rings. The van der Waals surface area contributed by atoms with Crippen LogP contribution in [0.15, 0.2) is 29.8 Å². The molecular formula is C7H7ClN4. The van der Waals surface area contributed by atoms with Crippen molar-refractivity contribution in [3.63, 3.8) is 0 Å². The van der Waals surface area contributed by atoms with Crippen LogP contribution in [0.3, 0.4) is 0 Å². The molecule has 1 aromatic heterocycles. The monoisotopic (exact) mass is 182 g/mol. The van der Waals surface area contributed by atoms with E-state index in [0.29, 0.717) is 5.29 Å². The molecule has 0 amide bonds. The summed E-state index contributed by atoms with van der Waals surface area (Å²) in [6.07, 6.45) is 6.93. The molecule has 0 bridgehead atoms. The molecule has 0 saturated carbocycles. The standard InChI is InChI=1S/C7H7ClN4/c8-7-10-2-1-3-12(7)6-4-9-5-11-6/h1-2,4-5H,3H2,(H,9,11). The first-order chi connectivity index (χ1) is 5.88. The van der Waals surface area contributed by atoms with Crippen LogP contribution in [0.25, 0.3) is 0 Å². The van der Waals surface area contributed by atoms with E-state index in [-0.39, 0.29) is 0 Å². The predicted molar refractivity (Wildman–Crippen MR) is 48.4 cm³/mol. The summed E-state index contributed by atoms with van der Waals surface area (Å²) in [6.45, 7) is 0.727. The zero-order valence-electron chi connectivity index (χ0n) is 6.24. The predicted octanol–water partition coefficient (Wildman–Crippen LogP) is 1.34. The van der Waals surface area contributed by atoms with Gasteiger partial charge in [0.15, 0.2) is 0 Å². The second kappa shape index (κ2) is 2.98. The molecule has 0 saturated heterocycles. The Morgan fingerprint density at radius 3 is 3.17 bits per heavy atom. The minimum atomic E-state index is 0.460. The number of aromatic nitrogens is 2. The second-order valence-corrected chi connectivity index (χ2v) is 2.67. The van der Waals surface area contributed by atoms with Gasteiger partial charge in [0.25, 0.3) is 0 Å². The molecule has 1 aliphatic heterocycles. The molecule has 2 heterocycles. The molecule has 2 rings (SSSR count). The lowest BCUT2D eigenvalue weighted by atomic mass is 10.5. The summed E-state index contributed by atoms with van der Waals surface area (Å²) in [5, 5.41) is 0.460. The number of hydrogen-bond acceptors (Lipinski definition) is 3. The first-order valence-electron chi connectivity index (χ1n) is 3.52. The highest BCUT2D eigenvalue weighted by Crippen LogP contribution is 2.13. The fourth-order valence-corrected chi connectivity index (χ4v) is 1.22. The average molecular weight is 183 g/mol. The Bertz CT molecular complexity index is 314. The number of nitrogens with zero attached hydrogens (tertiary/aromatic N) is 3. The summed E-state index contributed by atoms with van der Waals surface area (Å²) < 4.78 is 0. The number of nitrogens with one attached hydrogen (secondary N) is 1. The molecule has 1 aliphatic rings. The zero-order valence-corrected chi connectivity index (χ0v) is 6.99. The maximum atomic E-state index is 5.85. The highest BCUT2D eigenvalue weighted by Gasteiger charge is 2.12. The number of rotatable bonds is 1. The first-order valence-corrected chi connectivity index (χ1v) is 3.90. The lowest BCUT2D eigenvalue weighted by molar-refractivity contribution is 1.08. The van der Waals surface area contributed by atoms with Gasteiger partial charge in [-0.2, -0.15) is 0 Å². The van der Waals surface area contributed by atoms with Crippen LogP contribution >= 0.6 is 11.6 Å². The number of amidine groups is 1. The maximum absolute atomic E-state index is 5.85. The third-order valence-electron chi connectivity index (χ3n) is 1.57. The van der Waals surface area contributed by atoms with Gasteiger partial charge in [-0.05, 0) is 17.7 Å². The Morgan fingerprint density at radius 2 is 2.50 bits per heavy atom. The van der Waals surface area contributed by atoms with Crippen molar-refractivity contribution in [1.29, 1.82) is 0 Å². The molecule has 0 unspecified atom stereocenters. The van der Waals surface area contributed by atoms with Crippen LogP contribution in [-0.4, -0.2) is 21.8 Å². The van der Waals surface area contributed by atoms with E-state index in [1.165, 1.54) is 0 Å². The lowest BCUT2D eigenvalue weighted by Crippen LogP contribution is -2.29. The van der Waals surface area contributed by atoms with Gasteiger partial charge in [-0.25, -0.2) is 9.98 Å². The van der Waals surface area contributed by atoms with Gasteiger partial charge in [-0.1, -0.05) is 0 Å². The van der Waals surface area contributed by atoms with Crippen LogP contribution < -0.4 is 4.90 Å². The highest BCUT2D eigenvalue weighted by atomic mass is 35.5. The van der Waals surface area contributed by atoms with E-state index in [2.05, 4.69) is 15.0 Å². The Hall–Kier alpha value is -1.29. The molecule has 4 nitrogen and oxygen atoms in total. The minimum absolute atomic E-state index is 0.460. The highest BCUT2D eigenvalue weighted by molar-refractivity contribution is 6.68. The van der Waals surface area contributed by atoms with E-state index >= 15 is 0 Å². The van der Waals surface area contributed by atoms with Crippen molar-refractivity contribution in [2.45, 2.75) is 0 Å². The Kier molecular flexibility index (Phi) is 1.83. The van der Waals surface area contributed by atoms with Crippen molar-refractivity contribution >= 4 is 22.7 Å². The van der Waals surface area contributed by atoms with E-state index in [0.717, 1.165) is 12.4 Å². The van der Waals surface area contributed by atoms with Crippen molar-refractivity contribution in [1.82, 2.24) is 9.97 Å². The SMILES string of the molecule is ClC1=NC=CCN1c1cnc[nH]1. The number of imidazole rings is 1. The zero-order chi connectivity index (χ0) is 8.39. The first kappa shape index (κ1) is 7.36. The molecule has 0 aromatic carbocycles. The Morgan fingerprint density at radius 1 is 1.58 bits per heavy atom. The van der Waals surface area contributed by atoms with Crippen LogP contribution in [0, 0.1) is 0 Å². The number of H-pyrrole nitrogens is 1. The van der Waals surface area contributed by atoms with Crippen LogP contribution in [0.4, 0.5) is 5.82 Å². The minimum Gasteiger partial charge on any atom is -0.331 e. The van der Waals surface area contributed by atoms with Gasteiger partial charge >= 0.3 is 0 Å². The van der Waals surface area contributed by atoms with E-state index in [1.54, 1.807) is 18.7 Å². The number of hydrogen-bond donors (Lipinski definition) is 1. The molecule has 1 N–H and O–H groups in total. The molecule has 0 radical (unpaired) electrons. The summed E-state index contributed by atoms with van der Waals surface area (Å²) in [7, 11) is 0. The average Bonchev–Trinajstić information content (AvgIpc) is 2.57. The Balaban J connectivity index is 2.26. The number of halogens is 1. The van der Waals surface area contributed by atoms with Crippen molar-refractivity contribution in [2.75, 3.05) is 11.4 Å². The van der Waals surface area contributed by atoms with E-state index in [4.69, 9.17) is 11.6 Å². The number of aliphatic imine (C=N–C) groups is 1. The topological polar surface area (TPSA) is 44.3 Å². The van der Waals surface area contributed by atoms with Crippen molar-refractivity contribution in [2.24, 2.45) is 4.99 Å². The van der Waals surface area contributed by atoms with E-state index < -0.39 is 0 Å². The van der Waals surface area contributed by atoms with E-state index in [1.807, 2.05) is 11.0 Å². The third-order valence-corrected chi connectivity index (χ3v) is 1.87. The number of aromatic amines is 1. The van der Waals surface area contributed by atoms with Gasteiger partial charge < -0.3 is 4.98 Å². The van der Waals surface area contributed by atoms with Gasteiger partial charge in [0.05, 0.1) is 12.5 Å². The summed E-state index contributed by atoms with van der Waals surface area (Å²) in [4.78, 5) is 12.6. The van der Waals surface area contributed by atoms with Gasteiger partial charge in [0.2, 0.25) is 5.29 Å². The maximum Gasteiger partial charge on any atom is 0.204 e. The third kappa shape index (κ3) is 1.21. The number of anilines is 1. The van der Waals surface area contributed by atoms with Gasteiger partial charge in [-0.3, -0.25) is 4.90 Å². The lowest BCUT2D eigenvalue weighted by Gasteiger charge is -2.20. The van der Waals surface area contributed by atoms with Crippen molar-refractivity contribution in [3.8, 4) is 0 Å². The smallest absolute Gasteiger partial charge is 0.204 e. The second-order valence-electron chi connectivity index (χ2n) is 2.33. The molecule has 0 fully saturated rings. The van der Waals surface area contributed by atoms with E-state index in [9.17, 15) is 0 Å². The fourth-order valence-electron chi connectivity index (χ4n) is 1.01. The summed E-state index contributed by atoms with van der Waals surface area (Å²) in [5.41, 5.74) is 0. The quantitative estimate of drug-likeness (QED) is 0.667. The molecule has 5 heteroatoms. The molecule has 0 atom stereocenters. The van der Waals surface area contributed by atoms with Crippen LogP contribution in [-0.2, 0) is 0 Å². The molecule has 0 aliphatic carbocycles. The van der Waals surface area contributed by atoms with Crippen LogP contribution in [0.2, 0.25) is 0 Å². The normalized spacial score (nSPS) is 16.4. The molecule has 12 heavy (non-hydrogen) atoms. The molecular weight excluding hydrogens is 176 g/mol. The van der Waals surface area contributed by atoms with Gasteiger partial charge in [0, 0.05) is 12.7 Å². The van der Waals surface area contributed by atoms with Gasteiger partial charge in [-0.15, -0.1) is 0 Å². The summed E-state index contributed by atoms with van der Waals surface area (Å²) in [6, 6.07) is 0. The van der Waals surface area contributed by atoms with Gasteiger partial charge in [0.1, 0.15) is 5.82 Å². The van der Waals surface area contributed by atoms with Crippen molar-refractivity contribution < 1.29 is 0 Å². The van der Waals surface area contributed by atoms with Crippen molar-refractivity contribution in [3.05, 3.63) is 24.8 Å². The fraction of sp³-hybridized carbons (Fsp3) is 0.143. The molecule has 62 valence electrons.